The standard InChI is InChI=1S/C27H33N3O.2ClH/c1-6-30(21(2)3)27(4,5)31-25-20-14-13-19-24(25)29-26(22-15-9-7-10-16-22)28-23-17-11-8-12-18-23;;/h7-21H,6H2,1-5H3,(H,28,29);2*1H/p-1. The summed E-state index contributed by atoms with van der Waals surface area (Å²) in [5, 5.41) is 3.48. The van der Waals surface area contributed by atoms with Crippen molar-refractivity contribution < 1.29 is 34.5 Å². The Morgan fingerprint density at radius 2 is 1.42 bits per heavy atom. The van der Waals surface area contributed by atoms with Gasteiger partial charge in [-0.2, -0.15) is 0 Å². The second kappa shape index (κ2) is 13.2. The monoisotopic (exact) mass is 486 g/mol. The Morgan fingerprint density at radius 3 is 2.00 bits per heavy atom. The maximum Gasteiger partial charge on any atom is 0.236 e. The van der Waals surface area contributed by atoms with E-state index in [0.29, 0.717) is 6.04 Å². The van der Waals surface area contributed by atoms with Crippen molar-refractivity contribution >= 4 is 17.2 Å². The van der Waals surface area contributed by atoms with Gasteiger partial charge in [0.25, 0.3) is 0 Å². The van der Waals surface area contributed by atoms with E-state index in [9.17, 15) is 0 Å². The molecule has 1 atom stereocenters. The Balaban J connectivity index is 0.00000272. The first-order chi connectivity index (χ1) is 14.9. The van der Waals surface area contributed by atoms with Crippen molar-refractivity contribution in [2.75, 3.05) is 11.9 Å². The number of aliphatic imine (C=N–C) groups is 1. The van der Waals surface area contributed by atoms with Gasteiger partial charge >= 0.3 is 0 Å². The highest BCUT2D eigenvalue weighted by atomic mass is 35.5. The number of nitrogens with zero attached hydrogens (tertiary/aromatic N) is 1. The summed E-state index contributed by atoms with van der Waals surface area (Å²) in [4.78, 5) is 6.40. The molecule has 0 saturated carbocycles. The zero-order valence-corrected chi connectivity index (χ0v) is 21.5. The van der Waals surface area contributed by atoms with E-state index in [1.165, 1.54) is 4.90 Å². The quantitative estimate of drug-likeness (QED) is 0.251. The molecule has 0 amide bonds. The third-order valence-electron chi connectivity index (χ3n) is 5.40. The van der Waals surface area contributed by atoms with Gasteiger partial charge in [0, 0.05) is 25.1 Å². The molecule has 1 unspecified atom stereocenters. The number of amidine groups is 1. The molecular weight excluding hydrogens is 453 g/mol. The predicted molar refractivity (Wildman–Crippen MR) is 130 cm³/mol. The number of para-hydroxylation sites is 3. The van der Waals surface area contributed by atoms with Crippen molar-refractivity contribution in [1.29, 1.82) is 0 Å². The molecule has 3 rings (SSSR count). The maximum absolute atomic E-state index is 6.56. The number of anilines is 1. The van der Waals surface area contributed by atoms with Gasteiger partial charge in [0.1, 0.15) is 11.5 Å². The largest absolute Gasteiger partial charge is 1.00 e. The van der Waals surface area contributed by atoms with Crippen molar-refractivity contribution in [3.05, 3.63) is 90.5 Å². The summed E-state index contributed by atoms with van der Waals surface area (Å²) >= 11 is 0. The average Bonchev–Trinajstić information content (AvgIpc) is 2.75. The second-order valence-corrected chi connectivity index (χ2v) is 8.43. The molecule has 4 nitrogen and oxygen atoms in total. The molecule has 0 fully saturated rings. The van der Waals surface area contributed by atoms with E-state index in [-0.39, 0.29) is 30.5 Å². The number of nitrogens with one attached hydrogen (secondary N) is 2. The Kier molecular flexibility index (Phi) is 11.4. The molecule has 0 bridgehead atoms. The summed E-state index contributed by atoms with van der Waals surface area (Å²) in [6.45, 7) is 11.9. The molecule has 0 saturated heterocycles. The zero-order chi connectivity index (χ0) is 22.3. The fraction of sp³-hybridized carbons (Fsp3) is 0.296. The van der Waals surface area contributed by atoms with Crippen LogP contribution >= 0.6 is 0 Å². The van der Waals surface area contributed by atoms with Gasteiger partial charge in [-0.3, -0.25) is 4.90 Å². The van der Waals surface area contributed by atoms with Gasteiger partial charge in [0.05, 0.1) is 12.6 Å². The van der Waals surface area contributed by atoms with Crippen LogP contribution in [0.25, 0.3) is 0 Å². The minimum Gasteiger partial charge on any atom is -1.00 e. The van der Waals surface area contributed by atoms with Gasteiger partial charge in [-0.25, -0.2) is 4.99 Å². The number of hydrogen-bond acceptors (Lipinski definition) is 2. The van der Waals surface area contributed by atoms with Crippen molar-refractivity contribution in [2.24, 2.45) is 4.99 Å². The fourth-order valence-corrected chi connectivity index (χ4v) is 4.04. The predicted octanol–water partition coefficient (Wildman–Crippen LogP) is -0.687. The maximum atomic E-state index is 6.56. The molecule has 0 radical (unpaired) electrons. The van der Waals surface area contributed by atoms with Crippen molar-refractivity contribution in [3.63, 3.8) is 0 Å². The average molecular weight is 487 g/mol. The first-order valence-corrected chi connectivity index (χ1v) is 11.0. The van der Waals surface area contributed by atoms with E-state index in [4.69, 9.17) is 9.73 Å². The van der Waals surface area contributed by atoms with E-state index in [2.05, 4.69) is 52.1 Å². The van der Waals surface area contributed by atoms with Crippen LogP contribution in [-0.2, 0) is 0 Å². The molecule has 2 N–H and O–H groups in total. The third-order valence-corrected chi connectivity index (χ3v) is 5.40. The van der Waals surface area contributed by atoms with E-state index in [1.54, 1.807) is 0 Å². The van der Waals surface area contributed by atoms with Gasteiger partial charge in [0.2, 0.25) is 5.72 Å². The first kappa shape index (κ1) is 28.5. The zero-order valence-electron chi connectivity index (χ0n) is 20.0. The second-order valence-electron chi connectivity index (χ2n) is 8.43. The SMILES string of the molecule is CC[NH+](C(C)C)C(C)(C)Oc1ccccc1N=C(Nc1ccccc1)c1ccccc1.[Cl-].[Cl-]. The van der Waals surface area contributed by atoms with Gasteiger partial charge in [0.15, 0.2) is 5.75 Å². The molecule has 0 aliphatic heterocycles. The van der Waals surface area contributed by atoms with Crippen LogP contribution in [0, 0.1) is 0 Å². The minimum absolute atomic E-state index is 0. The van der Waals surface area contributed by atoms with Gasteiger partial charge in [-0.15, -0.1) is 0 Å². The summed E-state index contributed by atoms with van der Waals surface area (Å²) in [6.07, 6.45) is 0. The molecule has 0 aliphatic rings. The molecule has 0 aromatic heterocycles. The van der Waals surface area contributed by atoms with E-state index in [1.807, 2.05) is 72.8 Å². The highest BCUT2D eigenvalue weighted by molar-refractivity contribution is 6.09. The number of ether oxygens (including phenoxy) is 1. The number of halogens is 2. The molecule has 0 aliphatic carbocycles. The van der Waals surface area contributed by atoms with Crippen LogP contribution in [0.1, 0.15) is 40.2 Å². The fourth-order valence-electron chi connectivity index (χ4n) is 4.04. The summed E-state index contributed by atoms with van der Waals surface area (Å²) in [5.41, 5.74) is 2.43. The van der Waals surface area contributed by atoms with E-state index < -0.39 is 0 Å². The lowest BCUT2D eigenvalue weighted by Gasteiger charge is -2.37. The summed E-state index contributed by atoms with van der Waals surface area (Å²) in [7, 11) is 0. The molecule has 6 heteroatoms. The molecule has 3 aromatic carbocycles. The Bertz CT molecular complexity index is 993. The Labute approximate surface area is 210 Å². The van der Waals surface area contributed by atoms with E-state index in [0.717, 1.165) is 35.1 Å². The third kappa shape index (κ3) is 7.78. The van der Waals surface area contributed by atoms with Crippen LogP contribution in [-0.4, -0.2) is 24.1 Å². The molecule has 178 valence electrons. The number of benzene rings is 3. The number of quaternary nitrogens is 1. The highest BCUT2D eigenvalue weighted by Gasteiger charge is 2.34. The number of hydrogen-bond donors (Lipinski definition) is 2. The molecular formula is C27H34Cl2N3O-. The smallest absolute Gasteiger partial charge is 0.236 e. The van der Waals surface area contributed by atoms with Gasteiger partial charge in [-0.1, -0.05) is 60.7 Å². The Hall–Kier alpha value is -2.53. The number of rotatable bonds is 8. The van der Waals surface area contributed by atoms with Crippen molar-refractivity contribution in [1.82, 2.24) is 0 Å². The van der Waals surface area contributed by atoms with Crippen LogP contribution in [0.3, 0.4) is 0 Å². The molecule has 33 heavy (non-hydrogen) atoms. The van der Waals surface area contributed by atoms with Crippen LogP contribution in [0.2, 0.25) is 0 Å². The Morgan fingerprint density at radius 1 is 0.879 bits per heavy atom. The van der Waals surface area contributed by atoms with Gasteiger partial charge in [-0.05, 0) is 45.0 Å². The topological polar surface area (TPSA) is 38.1 Å². The van der Waals surface area contributed by atoms with Gasteiger partial charge < -0.3 is 34.9 Å². The van der Waals surface area contributed by atoms with Crippen LogP contribution in [0.15, 0.2) is 89.9 Å². The van der Waals surface area contributed by atoms with Crippen LogP contribution in [0.5, 0.6) is 5.75 Å². The minimum atomic E-state index is -0.381. The van der Waals surface area contributed by atoms with Crippen LogP contribution in [0.4, 0.5) is 11.4 Å². The normalized spacial score (nSPS) is 12.4. The first-order valence-electron chi connectivity index (χ1n) is 11.0. The lowest BCUT2D eigenvalue weighted by molar-refractivity contribution is -0.986. The highest BCUT2D eigenvalue weighted by Crippen LogP contribution is 2.30. The summed E-state index contributed by atoms with van der Waals surface area (Å²) in [6, 6.07) is 28.7. The summed E-state index contributed by atoms with van der Waals surface area (Å²) in [5.74, 6) is 1.56. The van der Waals surface area contributed by atoms with Crippen molar-refractivity contribution in [2.45, 2.75) is 46.4 Å². The molecule has 0 heterocycles. The lowest BCUT2D eigenvalue weighted by Crippen LogP contribution is -3.22. The molecule has 3 aromatic rings. The van der Waals surface area contributed by atoms with Crippen LogP contribution < -0.4 is 39.8 Å². The van der Waals surface area contributed by atoms with Crippen molar-refractivity contribution in [3.8, 4) is 5.75 Å². The molecule has 0 spiro atoms. The lowest BCUT2D eigenvalue weighted by atomic mass is 10.1. The van der Waals surface area contributed by atoms with E-state index >= 15 is 0 Å². The summed E-state index contributed by atoms with van der Waals surface area (Å²) < 4.78 is 6.56.